The first kappa shape index (κ1) is 20.0. The Hall–Kier alpha value is -1.99. The van der Waals surface area contributed by atoms with Crippen molar-refractivity contribution in [2.75, 3.05) is 26.4 Å². The summed E-state index contributed by atoms with van der Waals surface area (Å²) in [5.74, 6) is -0.492. The first-order valence-corrected chi connectivity index (χ1v) is 7.55. The molecule has 128 valence electrons. The smallest absolute Gasteiger partial charge is 0.407 e. The molecule has 0 aromatic heterocycles. The maximum Gasteiger partial charge on any atom is 0.407 e. The van der Waals surface area contributed by atoms with Crippen molar-refractivity contribution in [2.24, 2.45) is 0 Å². The van der Waals surface area contributed by atoms with Gasteiger partial charge in [0.1, 0.15) is 6.04 Å². The van der Waals surface area contributed by atoms with Gasteiger partial charge >= 0.3 is 18.2 Å². The highest BCUT2D eigenvalue weighted by Crippen LogP contribution is 2.04. The SMILES string of the molecule is CCOC(=O)NCCCC[C@H](NC(=O)OCC)C(=O)OCC. The van der Waals surface area contributed by atoms with Crippen molar-refractivity contribution >= 4 is 18.2 Å². The zero-order chi connectivity index (χ0) is 16.8. The summed E-state index contributed by atoms with van der Waals surface area (Å²) in [7, 11) is 0. The molecule has 2 amide bonds. The highest BCUT2D eigenvalue weighted by Gasteiger charge is 2.22. The Labute approximate surface area is 130 Å². The van der Waals surface area contributed by atoms with Gasteiger partial charge < -0.3 is 24.8 Å². The predicted molar refractivity (Wildman–Crippen MR) is 79.5 cm³/mol. The molecular formula is C14H26N2O6. The molecule has 0 aromatic carbocycles. The van der Waals surface area contributed by atoms with Gasteiger partial charge in [0.05, 0.1) is 19.8 Å². The van der Waals surface area contributed by atoms with Crippen LogP contribution in [0.1, 0.15) is 40.0 Å². The molecule has 0 spiro atoms. The average Bonchev–Trinajstić information content (AvgIpc) is 2.46. The Bertz CT molecular complexity index is 348. The van der Waals surface area contributed by atoms with Crippen LogP contribution in [0.4, 0.5) is 9.59 Å². The lowest BCUT2D eigenvalue weighted by molar-refractivity contribution is -0.145. The lowest BCUT2D eigenvalue weighted by Gasteiger charge is -2.16. The van der Waals surface area contributed by atoms with E-state index in [0.29, 0.717) is 32.4 Å². The first-order valence-electron chi connectivity index (χ1n) is 7.55. The largest absolute Gasteiger partial charge is 0.464 e. The number of carbonyl (C=O) groups excluding carboxylic acids is 3. The van der Waals surface area contributed by atoms with Crippen molar-refractivity contribution in [3.05, 3.63) is 0 Å². The lowest BCUT2D eigenvalue weighted by atomic mass is 10.1. The minimum atomic E-state index is -0.749. The van der Waals surface area contributed by atoms with Crippen LogP contribution in [0.3, 0.4) is 0 Å². The zero-order valence-electron chi connectivity index (χ0n) is 13.5. The number of carbonyl (C=O) groups is 3. The number of hydrogen-bond acceptors (Lipinski definition) is 6. The van der Waals surface area contributed by atoms with Gasteiger partial charge in [0, 0.05) is 6.54 Å². The number of hydrogen-bond donors (Lipinski definition) is 2. The first-order chi connectivity index (χ1) is 10.5. The van der Waals surface area contributed by atoms with Gasteiger partial charge in [0.25, 0.3) is 0 Å². The third-order valence-corrected chi connectivity index (χ3v) is 2.60. The Morgan fingerprint density at radius 3 is 2.05 bits per heavy atom. The maximum absolute atomic E-state index is 11.8. The van der Waals surface area contributed by atoms with E-state index in [9.17, 15) is 14.4 Å². The van der Waals surface area contributed by atoms with Gasteiger partial charge in [-0.1, -0.05) is 0 Å². The number of unbranched alkanes of at least 4 members (excludes halogenated alkanes) is 1. The number of esters is 1. The van der Waals surface area contributed by atoms with Crippen LogP contribution in [0.15, 0.2) is 0 Å². The van der Waals surface area contributed by atoms with E-state index in [1.165, 1.54) is 0 Å². The highest BCUT2D eigenvalue weighted by molar-refractivity contribution is 5.81. The fourth-order valence-electron chi connectivity index (χ4n) is 1.65. The van der Waals surface area contributed by atoms with Crippen LogP contribution < -0.4 is 10.6 Å². The molecule has 0 heterocycles. The topological polar surface area (TPSA) is 103 Å². The molecule has 0 unspecified atom stereocenters. The summed E-state index contributed by atoms with van der Waals surface area (Å²) in [6.07, 6.45) is 0.572. The number of rotatable bonds is 10. The van der Waals surface area contributed by atoms with Crippen molar-refractivity contribution < 1.29 is 28.6 Å². The third kappa shape index (κ3) is 9.84. The van der Waals surface area contributed by atoms with E-state index in [0.717, 1.165) is 0 Å². The molecule has 0 rings (SSSR count). The van der Waals surface area contributed by atoms with Crippen molar-refractivity contribution in [1.29, 1.82) is 0 Å². The minimum absolute atomic E-state index is 0.227. The molecule has 22 heavy (non-hydrogen) atoms. The summed E-state index contributed by atoms with van der Waals surface area (Å²) in [4.78, 5) is 34.2. The Morgan fingerprint density at radius 1 is 0.864 bits per heavy atom. The maximum atomic E-state index is 11.8. The third-order valence-electron chi connectivity index (χ3n) is 2.60. The Balaban J connectivity index is 4.09. The molecule has 2 N–H and O–H groups in total. The summed E-state index contributed by atoms with van der Waals surface area (Å²) in [5.41, 5.74) is 0. The van der Waals surface area contributed by atoms with Gasteiger partial charge in [-0.3, -0.25) is 0 Å². The minimum Gasteiger partial charge on any atom is -0.464 e. The molecule has 0 radical (unpaired) electrons. The number of nitrogens with one attached hydrogen (secondary N) is 2. The van der Waals surface area contributed by atoms with E-state index in [1.54, 1.807) is 20.8 Å². The fourth-order valence-corrected chi connectivity index (χ4v) is 1.65. The second kappa shape index (κ2) is 12.7. The molecule has 0 aliphatic carbocycles. The van der Waals surface area contributed by atoms with Crippen LogP contribution in [0.2, 0.25) is 0 Å². The Morgan fingerprint density at radius 2 is 1.45 bits per heavy atom. The molecule has 0 bridgehead atoms. The summed E-state index contributed by atoms with van der Waals surface area (Å²) in [6, 6.07) is -0.749. The molecule has 0 aromatic rings. The molecule has 1 atom stereocenters. The molecule has 0 aliphatic rings. The van der Waals surface area contributed by atoms with E-state index < -0.39 is 24.2 Å². The summed E-state index contributed by atoms with van der Waals surface area (Å²) in [6.45, 7) is 6.33. The van der Waals surface area contributed by atoms with Gasteiger partial charge in [-0.25, -0.2) is 14.4 Å². The van der Waals surface area contributed by atoms with Crippen LogP contribution in [-0.2, 0) is 19.0 Å². The number of ether oxygens (including phenoxy) is 3. The van der Waals surface area contributed by atoms with E-state index in [4.69, 9.17) is 14.2 Å². The van der Waals surface area contributed by atoms with Crippen LogP contribution >= 0.6 is 0 Å². The average molecular weight is 318 g/mol. The van der Waals surface area contributed by atoms with Gasteiger partial charge in [-0.2, -0.15) is 0 Å². The standard InChI is InChI=1S/C14H26N2O6/c1-4-20-12(17)11(16-14(19)22-6-3)9-7-8-10-15-13(18)21-5-2/h11H,4-10H2,1-3H3,(H,15,18)(H,16,19)/t11-/m0/s1. The van der Waals surface area contributed by atoms with Gasteiger partial charge in [-0.05, 0) is 40.0 Å². The van der Waals surface area contributed by atoms with E-state index >= 15 is 0 Å². The van der Waals surface area contributed by atoms with Crippen molar-refractivity contribution in [3.63, 3.8) is 0 Å². The van der Waals surface area contributed by atoms with Crippen LogP contribution in [0.25, 0.3) is 0 Å². The molecular weight excluding hydrogens is 292 g/mol. The summed E-state index contributed by atoms with van der Waals surface area (Å²) >= 11 is 0. The number of amides is 2. The van der Waals surface area contributed by atoms with Crippen molar-refractivity contribution in [3.8, 4) is 0 Å². The summed E-state index contributed by atoms with van der Waals surface area (Å²) < 4.78 is 14.4. The van der Waals surface area contributed by atoms with Crippen molar-refractivity contribution in [2.45, 2.75) is 46.1 Å². The molecule has 8 nitrogen and oxygen atoms in total. The monoisotopic (exact) mass is 318 g/mol. The molecule has 0 fully saturated rings. The van der Waals surface area contributed by atoms with E-state index in [-0.39, 0.29) is 13.2 Å². The van der Waals surface area contributed by atoms with E-state index in [1.807, 2.05) is 0 Å². The van der Waals surface area contributed by atoms with Crippen molar-refractivity contribution in [1.82, 2.24) is 10.6 Å². The van der Waals surface area contributed by atoms with Gasteiger partial charge in [0.15, 0.2) is 0 Å². The highest BCUT2D eigenvalue weighted by atomic mass is 16.6. The molecule has 0 saturated carbocycles. The van der Waals surface area contributed by atoms with Crippen LogP contribution in [0.5, 0.6) is 0 Å². The van der Waals surface area contributed by atoms with E-state index in [2.05, 4.69) is 10.6 Å². The number of alkyl carbamates (subject to hydrolysis) is 2. The quantitative estimate of drug-likeness (QED) is 0.360. The van der Waals surface area contributed by atoms with Crippen LogP contribution in [-0.4, -0.2) is 50.6 Å². The van der Waals surface area contributed by atoms with Gasteiger partial charge in [0.2, 0.25) is 0 Å². The zero-order valence-corrected chi connectivity index (χ0v) is 13.5. The Kier molecular flexibility index (Phi) is 11.6. The van der Waals surface area contributed by atoms with Crippen LogP contribution in [0, 0.1) is 0 Å². The second-order valence-corrected chi connectivity index (χ2v) is 4.31. The molecule has 0 saturated heterocycles. The second-order valence-electron chi connectivity index (χ2n) is 4.31. The predicted octanol–water partition coefficient (Wildman–Crippen LogP) is 1.58. The molecule has 0 aliphatic heterocycles. The normalized spacial score (nSPS) is 11.2. The molecule has 8 heteroatoms. The lowest BCUT2D eigenvalue weighted by Crippen LogP contribution is -2.42. The fraction of sp³-hybridized carbons (Fsp3) is 0.786. The van der Waals surface area contributed by atoms with Gasteiger partial charge in [-0.15, -0.1) is 0 Å². The summed E-state index contributed by atoms with van der Waals surface area (Å²) in [5, 5.41) is 5.06.